The average molecular weight is 453 g/mol. The van der Waals surface area contributed by atoms with E-state index in [1.165, 1.54) is 6.08 Å². The molecular weight excluding hydrogens is 420 g/mol. The van der Waals surface area contributed by atoms with Gasteiger partial charge in [0.1, 0.15) is 12.4 Å². The molecule has 0 aliphatic heterocycles. The maximum absolute atomic E-state index is 12.5. The van der Waals surface area contributed by atoms with Crippen molar-refractivity contribution in [3.8, 4) is 5.75 Å². The van der Waals surface area contributed by atoms with Crippen LogP contribution in [0.4, 0.5) is 11.4 Å². The number of hydrogen-bond acceptors (Lipinski definition) is 7. The molecule has 0 saturated heterocycles. The lowest BCUT2D eigenvalue weighted by Gasteiger charge is -2.27. The van der Waals surface area contributed by atoms with Crippen LogP contribution in [0.15, 0.2) is 48.5 Å². The number of nitrogens with two attached hydrogens (primary N) is 2. The molecule has 0 spiro atoms. The fourth-order valence-electron chi connectivity index (χ4n) is 3.71. The number of esters is 2. The minimum atomic E-state index is -0.495. The lowest BCUT2D eigenvalue weighted by Crippen LogP contribution is -2.29. The van der Waals surface area contributed by atoms with E-state index in [-0.39, 0.29) is 24.6 Å². The second kappa shape index (κ2) is 12.1. The largest absolute Gasteiger partial charge is 0.458 e. The summed E-state index contributed by atoms with van der Waals surface area (Å²) in [6.07, 6.45) is 7.60. The van der Waals surface area contributed by atoms with E-state index in [4.69, 9.17) is 25.7 Å². The van der Waals surface area contributed by atoms with E-state index in [1.54, 1.807) is 48.5 Å². The van der Waals surface area contributed by atoms with Crippen molar-refractivity contribution in [2.75, 3.05) is 18.1 Å². The van der Waals surface area contributed by atoms with Gasteiger partial charge in [-0.1, -0.05) is 19.1 Å². The summed E-state index contributed by atoms with van der Waals surface area (Å²) in [6.45, 7) is 2.91. The molecule has 3 rings (SSSR count). The Bertz CT molecular complexity index is 963. The first-order valence-electron chi connectivity index (χ1n) is 11.4. The van der Waals surface area contributed by atoms with Crippen LogP contribution >= 0.6 is 0 Å². The average Bonchev–Trinajstić information content (AvgIpc) is 2.83. The second-order valence-electron chi connectivity index (χ2n) is 8.23. The molecule has 0 bridgehead atoms. The molecule has 1 saturated carbocycles. The predicted octanol–water partition coefficient (Wildman–Crippen LogP) is 4.50. The zero-order chi connectivity index (χ0) is 23.6. The molecule has 0 radical (unpaired) electrons. The van der Waals surface area contributed by atoms with Gasteiger partial charge < -0.3 is 25.7 Å². The molecule has 176 valence electrons. The van der Waals surface area contributed by atoms with Crippen molar-refractivity contribution in [3.05, 3.63) is 59.7 Å². The van der Waals surface area contributed by atoms with Gasteiger partial charge in [-0.15, -0.1) is 0 Å². The number of hydrogen-bond donors (Lipinski definition) is 2. The highest BCUT2D eigenvalue weighted by molar-refractivity contribution is 5.87. The fraction of sp³-hybridized carbons (Fsp3) is 0.385. The van der Waals surface area contributed by atoms with E-state index in [1.807, 2.05) is 0 Å². The van der Waals surface area contributed by atoms with Gasteiger partial charge in [0.05, 0.1) is 12.0 Å². The van der Waals surface area contributed by atoms with Gasteiger partial charge in [-0.25, -0.2) is 4.79 Å². The molecule has 1 aliphatic carbocycles. The Morgan fingerprint density at radius 3 is 2.45 bits per heavy atom. The van der Waals surface area contributed by atoms with Crippen LogP contribution in [-0.2, 0) is 25.7 Å². The summed E-state index contributed by atoms with van der Waals surface area (Å²) in [5, 5.41) is 0. The molecule has 7 nitrogen and oxygen atoms in total. The molecule has 2 aromatic rings. The second-order valence-corrected chi connectivity index (χ2v) is 8.23. The molecule has 0 amide bonds. The van der Waals surface area contributed by atoms with Crippen molar-refractivity contribution >= 4 is 29.4 Å². The van der Waals surface area contributed by atoms with Crippen LogP contribution in [0.25, 0.3) is 6.08 Å². The first-order chi connectivity index (χ1) is 15.9. The number of carbonyl (C=O) groups excluding carboxylic acids is 2. The number of rotatable bonds is 9. The maximum Gasteiger partial charge on any atom is 0.331 e. The van der Waals surface area contributed by atoms with Crippen LogP contribution in [0.1, 0.15) is 50.2 Å². The molecule has 7 heteroatoms. The molecule has 1 aliphatic rings. The zero-order valence-electron chi connectivity index (χ0n) is 19.0. The summed E-state index contributed by atoms with van der Waals surface area (Å²) < 4.78 is 16.5. The minimum absolute atomic E-state index is 0.0432. The lowest BCUT2D eigenvalue weighted by molar-refractivity contribution is -0.141. The number of nitrogen functional groups attached to an aromatic ring is 2. The Kier molecular flexibility index (Phi) is 8.89. The van der Waals surface area contributed by atoms with Crippen molar-refractivity contribution in [3.63, 3.8) is 0 Å². The fourth-order valence-corrected chi connectivity index (χ4v) is 3.71. The molecule has 0 unspecified atom stereocenters. The SMILES string of the molecule is CCCOC1CCC(C(=O)Oc2ccc(C=CC(=O)OCc3cc(N)ccc3N)cc2)CC1. The number of ether oxygens (including phenoxy) is 3. The Balaban J connectivity index is 1.44. The molecule has 0 atom stereocenters. The summed E-state index contributed by atoms with van der Waals surface area (Å²) >= 11 is 0. The molecule has 33 heavy (non-hydrogen) atoms. The van der Waals surface area contributed by atoms with Crippen LogP contribution < -0.4 is 16.2 Å². The monoisotopic (exact) mass is 452 g/mol. The summed E-state index contributed by atoms with van der Waals surface area (Å²) in [7, 11) is 0. The zero-order valence-corrected chi connectivity index (χ0v) is 19.0. The Hall–Kier alpha value is -3.32. The normalized spacial score (nSPS) is 18.2. The Morgan fingerprint density at radius 2 is 1.76 bits per heavy atom. The third kappa shape index (κ3) is 7.64. The van der Waals surface area contributed by atoms with E-state index < -0.39 is 5.97 Å². The topological polar surface area (TPSA) is 114 Å². The molecule has 0 heterocycles. The predicted molar refractivity (Wildman–Crippen MR) is 128 cm³/mol. The van der Waals surface area contributed by atoms with Gasteiger partial charge in [-0.2, -0.15) is 0 Å². The van der Waals surface area contributed by atoms with Crippen molar-refractivity contribution < 1.29 is 23.8 Å². The first-order valence-corrected chi connectivity index (χ1v) is 11.4. The van der Waals surface area contributed by atoms with E-state index in [2.05, 4.69) is 6.92 Å². The lowest BCUT2D eigenvalue weighted by atomic mass is 9.87. The summed E-state index contributed by atoms with van der Waals surface area (Å²) in [6, 6.07) is 12.0. The number of benzene rings is 2. The van der Waals surface area contributed by atoms with E-state index in [0.717, 1.165) is 44.3 Å². The quantitative estimate of drug-likeness (QED) is 0.249. The van der Waals surface area contributed by atoms with E-state index in [0.29, 0.717) is 22.7 Å². The van der Waals surface area contributed by atoms with Crippen molar-refractivity contribution in [2.24, 2.45) is 5.92 Å². The number of carbonyl (C=O) groups is 2. The van der Waals surface area contributed by atoms with Gasteiger partial charge >= 0.3 is 11.9 Å². The standard InChI is InChI=1S/C26H32N2O5/c1-2-15-31-22-11-6-19(7-12-22)26(30)33-23-9-3-18(4-10-23)5-14-25(29)32-17-20-16-21(27)8-13-24(20)28/h3-5,8-10,13-14,16,19,22H,2,6-7,11-12,15,17,27-28H2,1H3. The minimum Gasteiger partial charge on any atom is -0.458 e. The highest BCUT2D eigenvalue weighted by Gasteiger charge is 2.28. The maximum atomic E-state index is 12.5. The summed E-state index contributed by atoms with van der Waals surface area (Å²) in [4.78, 5) is 24.5. The van der Waals surface area contributed by atoms with Gasteiger partial charge in [0, 0.05) is 29.6 Å². The summed E-state index contributed by atoms with van der Waals surface area (Å²) in [5.41, 5.74) is 14.1. The van der Waals surface area contributed by atoms with Crippen molar-refractivity contribution in [2.45, 2.75) is 51.7 Å². The number of anilines is 2. The Labute approximate surface area is 194 Å². The van der Waals surface area contributed by atoms with E-state index in [9.17, 15) is 9.59 Å². The smallest absolute Gasteiger partial charge is 0.331 e. The molecule has 0 aromatic heterocycles. The molecule has 1 fully saturated rings. The third-order valence-electron chi connectivity index (χ3n) is 5.61. The van der Waals surface area contributed by atoms with Crippen LogP contribution in [0.2, 0.25) is 0 Å². The molecule has 4 N–H and O–H groups in total. The van der Waals surface area contributed by atoms with Gasteiger partial charge in [-0.3, -0.25) is 4.79 Å². The summed E-state index contributed by atoms with van der Waals surface area (Å²) in [5.74, 6) is -0.293. The van der Waals surface area contributed by atoms with Crippen LogP contribution in [0, 0.1) is 5.92 Å². The first kappa shape index (κ1) is 24.3. The van der Waals surface area contributed by atoms with Gasteiger partial charge in [0.15, 0.2) is 0 Å². The molecule has 2 aromatic carbocycles. The third-order valence-corrected chi connectivity index (χ3v) is 5.61. The van der Waals surface area contributed by atoms with Crippen molar-refractivity contribution in [1.82, 2.24) is 0 Å². The van der Waals surface area contributed by atoms with Gasteiger partial charge in [0.25, 0.3) is 0 Å². The van der Waals surface area contributed by atoms with Crippen LogP contribution in [-0.4, -0.2) is 24.6 Å². The van der Waals surface area contributed by atoms with Crippen LogP contribution in [0.5, 0.6) is 5.75 Å². The highest BCUT2D eigenvalue weighted by Crippen LogP contribution is 2.28. The van der Waals surface area contributed by atoms with Crippen molar-refractivity contribution in [1.29, 1.82) is 0 Å². The van der Waals surface area contributed by atoms with Crippen LogP contribution in [0.3, 0.4) is 0 Å². The highest BCUT2D eigenvalue weighted by atomic mass is 16.5. The van der Waals surface area contributed by atoms with Gasteiger partial charge in [0.2, 0.25) is 0 Å². The Morgan fingerprint density at radius 1 is 1.03 bits per heavy atom. The van der Waals surface area contributed by atoms with Gasteiger partial charge in [-0.05, 0) is 74.1 Å². The van der Waals surface area contributed by atoms with E-state index >= 15 is 0 Å². The molecular formula is C26H32N2O5.